The standard InChI is InChI=1S/C28H29N3O2/c1-2-33-26-17-9-8-16-25(26)31-20-22(19-27(31)32)28-29-23-14-6-7-15-24(23)30(28)18-10-13-21-11-4-3-5-12-21/h3-9,11-12,14-17,22H,2,10,13,18-20H2,1H3/t22-/m0/s1. The average Bonchev–Trinajstić information content (AvgIpc) is 3.41. The van der Waals surface area contributed by atoms with Gasteiger partial charge < -0.3 is 14.2 Å². The molecule has 0 bridgehead atoms. The molecule has 1 atom stereocenters. The molecular weight excluding hydrogens is 410 g/mol. The SMILES string of the molecule is CCOc1ccccc1N1C[C@@H](c2nc3ccccc3n2CCCc2ccccc2)CC1=O. The van der Waals surface area contributed by atoms with E-state index >= 15 is 0 Å². The number of carbonyl (C=O) groups is 1. The highest BCUT2D eigenvalue weighted by molar-refractivity contribution is 5.97. The Morgan fingerprint density at radius 3 is 2.58 bits per heavy atom. The van der Waals surface area contributed by atoms with Crippen molar-refractivity contribution in [3.8, 4) is 5.75 Å². The molecule has 0 unspecified atom stereocenters. The lowest BCUT2D eigenvalue weighted by Gasteiger charge is -2.20. The van der Waals surface area contributed by atoms with Crippen LogP contribution in [-0.4, -0.2) is 28.6 Å². The second kappa shape index (κ2) is 9.49. The summed E-state index contributed by atoms with van der Waals surface area (Å²) in [5.41, 5.74) is 4.32. The third-order valence-corrected chi connectivity index (χ3v) is 6.32. The van der Waals surface area contributed by atoms with Crippen LogP contribution in [-0.2, 0) is 17.8 Å². The zero-order valence-corrected chi connectivity index (χ0v) is 19.0. The molecule has 5 nitrogen and oxygen atoms in total. The van der Waals surface area contributed by atoms with Crippen molar-refractivity contribution in [2.24, 2.45) is 0 Å². The van der Waals surface area contributed by atoms with Crippen molar-refractivity contribution in [3.05, 3.63) is 90.3 Å². The fourth-order valence-corrected chi connectivity index (χ4v) is 4.80. The number of aryl methyl sites for hydroxylation is 2. The lowest BCUT2D eigenvalue weighted by Crippen LogP contribution is -2.25. The summed E-state index contributed by atoms with van der Waals surface area (Å²) in [7, 11) is 0. The quantitative estimate of drug-likeness (QED) is 0.360. The van der Waals surface area contributed by atoms with Crippen LogP contribution in [0.5, 0.6) is 5.75 Å². The number of hydrogen-bond donors (Lipinski definition) is 0. The molecule has 5 heteroatoms. The van der Waals surface area contributed by atoms with Gasteiger partial charge in [0, 0.05) is 25.4 Å². The maximum atomic E-state index is 13.1. The van der Waals surface area contributed by atoms with Crippen molar-refractivity contribution in [1.29, 1.82) is 0 Å². The molecule has 168 valence electrons. The zero-order chi connectivity index (χ0) is 22.6. The molecule has 33 heavy (non-hydrogen) atoms. The maximum absolute atomic E-state index is 13.1. The van der Waals surface area contributed by atoms with E-state index in [1.54, 1.807) is 0 Å². The van der Waals surface area contributed by atoms with Gasteiger partial charge in [-0.2, -0.15) is 0 Å². The molecule has 0 aliphatic carbocycles. The van der Waals surface area contributed by atoms with Crippen molar-refractivity contribution in [2.75, 3.05) is 18.1 Å². The Morgan fingerprint density at radius 2 is 1.73 bits per heavy atom. The second-order valence-corrected chi connectivity index (χ2v) is 8.51. The predicted octanol–water partition coefficient (Wildman–Crippen LogP) is 5.59. The maximum Gasteiger partial charge on any atom is 0.227 e. The number of anilines is 1. The van der Waals surface area contributed by atoms with Crippen molar-refractivity contribution in [3.63, 3.8) is 0 Å². The van der Waals surface area contributed by atoms with Gasteiger partial charge in [-0.15, -0.1) is 0 Å². The number of aromatic nitrogens is 2. The number of nitrogens with zero attached hydrogens (tertiary/aromatic N) is 3. The van der Waals surface area contributed by atoms with Gasteiger partial charge >= 0.3 is 0 Å². The summed E-state index contributed by atoms with van der Waals surface area (Å²) in [6.07, 6.45) is 2.50. The number of amides is 1. The molecule has 2 heterocycles. The summed E-state index contributed by atoms with van der Waals surface area (Å²) in [5.74, 6) is 1.94. The van der Waals surface area contributed by atoms with Gasteiger partial charge in [-0.1, -0.05) is 54.6 Å². The fraction of sp³-hybridized carbons (Fsp3) is 0.286. The van der Waals surface area contributed by atoms with Gasteiger partial charge in [-0.05, 0) is 49.6 Å². The predicted molar refractivity (Wildman–Crippen MR) is 132 cm³/mol. The van der Waals surface area contributed by atoms with Crippen LogP contribution in [0, 0.1) is 0 Å². The first kappa shape index (κ1) is 21.3. The number of ether oxygens (including phenoxy) is 1. The monoisotopic (exact) mass is 439 g/mol. The molecule has 1 saturated heterocycles. The highest BCUT2D eigenvalue weighted by atomic mass is 16.5. The molecule has 1 aromatic heterocycles. The molecule has 5 rings (SSSR count). The summed E-state index contributed by atoms with van der Waals surface area (Å²) in [6, 6.07) is 26.7. The number of hydrogen-bond acceptors (Lipinski definition) is 3. The Kier molecular flexibility index (Phi) is 6.11. The minimum atomic E-state index is 0.0521. The van der Waals surface area contributed by atoms with Gasteiger partial charge in [-0.3, -0.25) is 4.79 Å². The van der Waals surface area contributed by atoms with E-state index in [1.165, 1.54) is 5.56 Å². The smallest absolute Gasteiger partial charge is 0.227 e. The first-order chi connectivity index (χ1) is 16.2. The number of fused-ring (bicyclic) bond motifs is 1. The highest BCUT2D eigenvalue weighted by Crippen LogP contribution is 2.37. The minimum Gasteiger partial charge on any atom is -0.492 e. The van der Waals surface area contributed by atoms with E-state index in [0.717, 1.165) is 47.7 Å². The Morgan fingerprint density at radius 1 is 0.970 bits per heavy atom. The van der Waals surface area contributed by atoms with Crippen LogP contribution in [0.25, 0.3) is 11.0 Å². The van der Waals surface area contributed by atoms with Crippen LogP contribution in [0.1, 0.15) is 37.1 Å². The first-order valence-corrected chi connectivity index (χ1v) is 11.8. The molecule has 0 radical (unpaired) electrons. The van der Waals surface area contributed by atoms with E-state index in [1.807, 2.05) is 42.2 Å². The molecule has 1 aliphatic heterocycles. The van der Waals surface area contributed by atoms with E-state index in [-0.39, 0.29) is 11.8 Å². The van der Waals surface area contributed by atoms with Crippen LogP contribution >= 0.6 is 0 Å². The summed E-state index contributed by atoms with van der Waals surface area (Å²) in [5, 5.41) is 0. The fourth-order valence-electron chi connectivity index (χ4n) is 4.80. The number of imidazole rings is 1. The minimum absolute atomic E-state index is 0.0521. The van der Waals surface area contributed by atoms with E-state index < -0.39 is 0 Å². The van der Waals surface area contributed by atoms with Crippen LogP contribution in [0.3, 0.4) is 0 Å². The van der Waals surface area contributed by atoms with Gasteiger partial charge in [0.1, 0.15) is 11.6 Å². The first-order valence-electron chi connectivity index (χ1n) is 11.8. The van der Waals surface area contributed by atoms with Crippen LogP contribution in [0.15, 0.2) is 78.9 Å². The molecule has 1 fully saturated rings. The third-order valence-electron chi connectivity index (χ3n) is 6.32. The normalized spacial score (nSPS) is 16.0. The van der Waals surface area contributed by atoms with Crippen LogP contribution < -0.4 is 9.64 Å². The summed E-state index contributed by atoms with van der Waals surface area (Å²) in [4.78, 5) is 19.9. The molecule has 3 aromatic carbocycles. The molecule has 1 aliphatic rings. The number of rotatable bonds is 8. The van der Waals surface area contributed by atoms with Crippen molar-refractivity contribution >= 4 is 22.6 Å². The van der Waals surface area contributed by atoms with Crippen LogP contribution in [0.4, 0.5) is 5.69 Å². The number of para-hydroxylation sites is 4. The van der Waals surface area contributed by atoms with Gasteiger partial charge in [-0.25, -0.2) is 4.98 Å². The lowest BCUT2D eigenvalue weighted by atomic mass is 10.1. The zero-order valence-electron chi connectivity index (χ0n) is 19.0. The molecule has 1 amide bonds. The second-order valence-electron chi connectivity index (χ2n) is 8.51. The van der Waals surface area contributed by atoms with Gasteiger partial charge in [0.15, 0.2) is 0 Å². The highest BCUT2D eigenvalue weighted by Gasteiger charge is 2.35. The van der Waals surface area contributed by atoms with E-state index in [2.05, 4.69) is 53.1 Å². The topological polar surface area (TPSA) is 47.4 Å². The molecular formula is C28H29N3O2. The van der Waals surface area contributed by atoms with Crippen molar-refractivity contribution in [2.45, 2.75) is 38.6 Å². The van der Waals surface area contributed by atoms with Crippen molar-refractivity contribution in [1.82, 2.24) is 9.55 Å². The van der Waals surface area contributed by atoms with Gasteiger partial charge in [0.05, 0.1) is 23.3 Å². The lowest BCUT2D eigenvalue weighted by molar-refractivity contribution is -0.117. The van der Waals surface area contributed by atoms with E-state index in [4.69, 9.17) is 9.72 Å². The Hall–Kier alpha value is -3.60. The Labute approximate surface area is 194 Å². The number of carbonyl (C=O) groups excluding carboxylic acids is 1. The van der Waals surface area contributed by atoms with Crippen LogP contribution in [0.2, 0.25) is 0 Å². The Bertz CT molecular complexity index is 1250. The van der Waals surface area contributed by atoms with Crippen molar-refractivity contribution < 1.29 is 9.53 Å². The van der Waals surface area contributed by atoms with Gasteiger partial charge in [0.25, 0.3) is 0 Å². The van der Waals surface area contributed by atoms with E-state index in [9.17, 15) is 4.79 Å². The summed E-state index contributed by atoms with van der Waals surface area (Å²) in [6.45, 7) is 4.03. The summed E-state index contributed by atoms with van der Waals surface area (Å²) < 4.78 is 8.12. The molecule has 0 spiro atoms. The number of benzene rings is 3. The summed E-state index contributed by atoms with van der Waals surface area (Å²) >= 11 is 0. The third kappa shape index (κ3) is 4.36. The largest absolute Gasteiger partial charge is 0.492 e. The molecule has 0 saturated carbocycles. The molecule has 4 aromatic rings. The average molecular weight is 440 g/mol. The van der Waals surface area contributed by atoms with E-state index in [0.29, 0.717) is 19.6 Å². The molecule has 0 N–H and O–H groups in total. The Balaban J connectivity index is 1.41. The van der Waals surface area contributed by atoms with Gasteiger partial charge in [0.2, 0.25) is 5.91 Å².